The first kappa shape index (κ1) is 16.0. The average Bonchev–Trinajstić information content (AvgIpc) is 3.02. The van der Waals surface area contributed by atoms with Crippen molar-refractivity contribution in [3.63, 3.8) is 0 Å². The molecule has 0 saturated carbocycles. The molecule has 1 atom stereocenters. The summed E-state index contributed by atoms with van der Waals surface area (Å²) >= 11 is 0. The molecule has 1 aliphatic rings. The van der Waals surface area contributed by atoms with Gasteiger partial charge in [-0.3, -0.25) is 4.79 Å². The largest absolute Gasteiger partial charge is 0.481 e. The molecule has 1 aliphatic heterocycles. The number of likely N-dealkylation sites (tertiary alicyclic amines) is 1. The number of piperidine rings is 1. The van der Waals surface area contributed by atoms with E-state index >= 15 is 0 Å². The molecule has 24 heavy (non-hydrogen) atoms. The number of aromatic nitrogens is 1. The molecule has 2 heterocycles. The molecule has 1 fully saturated rings. The third kappa shape index (κ3) is 3.56. The predicted octanol–water partition coefficient (Wildman–Crippen LogP) is 2.98. The van der Waals surface area contributed by atoms with Crippen molar-refractivity contribution >= 4 is 17.7 Å². The number of aryl methyl sites for hydroxylation is 1. The first-order valence-corrected chi connectivity index (χ1v) is 7.84. The number of benzene rings is 1. The minimum absolute atomic E-state index is 0.236. The number of carboxylic acids is 1. The van der Waals surface area contributed by atoms with E-state index in [0.29, 0.717) is 31.0 Å². The Kier molecular flexibility index (Phi) is 4.50. The summed E-state index contributed by atoms with van der Waals surface area (Å²) in [7, 11) is 0. The molecular formula is C17H19N3O4. The Labute approximate surface area is 139 Å². The number of amides is 2. The van der Waals surface area contributed by atoms with E-state index in [-0.39, 0.29) is 12.6 Å². The molecule has 1 unspecified atom stereocenters. The van der Waals surface area contributed by atoms with Crippen LogP contribution in [-0.2, 0) is 4.79 Å². The SMILES string of the molecule is Cc1coc(-c2cccc(NC(=O)N3CCCC(C(=O)O)C3)c2)n1. The second-order valence-electron chi connectivity index (χ2n) is 5.93. The van der Waals surface area contributed by atoms with Crippen LogP contribution in [0.3, 0.4) is 0 Å². The Morgan fingerprint density at radius 3 is 2.96 bits per heavy atom. The Bertz CT molecular complexity index is 756. The molecule has 2 aromatic rings. The van der Waals surface area contributed by atoms with Gasteiger partial charge in [0.05, 0.1) is 11.6 Å². The Balaban J connectivity index is 1.69. The van der Waals surface area contributed by atoms with Gasteiger partial charge >= 0.3 is 12.0 Å². The molecule has 1 aromatic carbocycles. The second kappa shape index (κ2) is 6.74. The van der Waals surface area contributed by atoms with Crippen molar-refractivity contribution in [2.24, 2.45) is 5.92 Å². The van der Waals surface area contributed by atoms with Crippen LogP contribution in [0.2, 0.25) is 0 Å². The lowest BCUT2D eigenvalue weighted by molar-refractivity contribution is -0.143. The van der Waals surface area contributed by atoms with Gasteiger partial charge in [0.15, 0.2) is 0 Å². The zero-order valence-corrected chi connectivity index (χ0v) is 13.4. The van der Waals surface area contributed by atoms with E-state index in [2.05, 4.69) is 10.3 Å². The number of hydrogen-bond donors (Lipinski definition) is 2. The first-order chi connectivity index (χ1) is 11.5. The lowest BCUT2D eigenvalue weighted by atomic mass is 9.99. The highest BCUT2D eigenvalue weighted by atomic mass is 16.4. The van der Waals surface area contributed by atoms with E-state index in [1.165, 1.54) is 0 Å². The lowest BCUT2D eigenvalue weighted by Crippen LogP contribution is -2.44. The van der Waals surface area contributed by atoms with E-state index in [1.807, 2.05) is 13.0 Å². The number of carbonyl (C=O) groups excluding carboxylic acids is 1. The number of anilines is 1. The smallest absolute Gasteiger partial charge is 0.321 e. The van der Waals surface area contributed by atoms with Crippen molar-refractivity contribution in [1.82, 2.24) is 9.88 Å². The van der Waals surface area contributed by atoms with E-state index in [0.717, 1.165) is 11.3 Å². The normalized spacial score (nSPS) is 17.5. The van der Waals surface area contributed by atoms with Gasteiger partial charge in [-0.05, 0) is 38.0 Å². The molecule has 2 amide bonds. The van der Waals surface area contributed by atoms with Gasteiger partial charge in [0.25, 0.3) is 0 Å². The number of rotatable bonds is 3. The van der Waals surface area contributed by atoms with E-state index in [4.69, 9.17) is 9.52 Å². The lowest BCUT2D eigenvalue weighted by Gasteiger charge is -2.30. The molecule has 126 valence electrons. The summed E-state index contributed by atoms with van der Waals surface area (Å²) in [5, 5.41) is 11.9. The summed E-state index contributed by atoms with van der Waals surface area (Å²) in [5.41, 5.74) is 2.17. The van der Waals surface area contributed by atoms with Crippen molar-refractivity contribution in [2.75, 3.05) is 18.4 Å². The van der Waals surface area contributed by atoms with Crippen molar-refractivity contribution in [1.29, 1.82) is 0 Å². The van der Waals surface area contributed by atoms with Gasteiger partial charge in [0.1, 0.15) is 6.26 Å². The maximum absolute atomic E-state index is 12.4. The van der Waals surface area contributed by atoms with Crippen LogP contribution in [0.4, 0.5) is 10.5 Å². The topological polar surface area (TPSA) is 95.7 Å². The summed E-state index contributed by atoms with van der Waals surface area (Å²) in [6.07, 6.45) is 2.87. The maximum atomic E-state index is 12.4. The van der Waals surface area contributed by atoms with Crippen LogP contribution in [0.25, 0.3) is 11.5 Å². The molecule has 0 spiro atoms. The third-order valence-corrected chi connectivity index (χ3v) is 4.04. The summed E-state index contributed by atoms with van der Waals surface area (Å²) in [6.45, 7) is 2.64. The molecular weight excluding hydrogens is 310 g/mol. The molecule has 7 heteroatoms. The quantitative estimate of drug-likeness (QED) is 0.902. The van der Waals surface area contributed by atoms with E-state index in [9.17, 15) is 9.59 Å². The molecule has 0 bridgehead atoms. The summed E-state index contributed by atoms with van der Waals surface area (Å²) < 4.78 is 5.37. The Hall–Kier alpha value is -2.83. The van der Waals surface area contributed by atoms with Crippen molar-refractivity contribution in [3.8, 4) is 11.5 Å². The molecule has 1 saturated heterocycles. The Morgan fingerprint density at radius 2 is 2.25 bits per heavy atom. The highest BCUT2D eigenvalue weighted by molar-refractivity contribution is 5.90. The van der Waals surface area contributed by atoms with Crippen LogP contribution in [-0.4, -0.2) is 40.1 Å². The van der Waals surface area contributed by atoms with Crippen LogP contribution in [0.15, 0.2) is 34.9 Å². The van der Waals surface area contributed by atoms with Crippen molar-refractivity contribution in [3.05, 3.63) is 36.2 Å². The number of urea groups is 1. The van der Waals surface area contributed by atoms with Gasteiger partial charge in [-0.1, -0.05) is 6.07 Å². The minimum atomic E-state index is -0.853. The number of hydrogen-bond acceptors (Lipinski definition) is 4. The monoisotopic (exact) mass is 329 g/mol. The molecule has 2 N–H and O–H groups in total. The molecule has 3 rings (SSSR count). The van der Waals surface area contributed by atoms with Crippen LogP contribution in [0, 0.1) is 12.8 Å². The fraction of sp³-hybridized carbons (Fsp3) is 0.353. The fourth-order valence-corrected chi connectivity index (χ4v) is 2.78. The van der Waals surface area contributed by atoms with Crippen LogP contribution >= 0.6 is 0 Å². The van der Waals surface area contributed by atoms with E-state index < -0.39 is 11.9 Å². The van der Waals surface area contributed by atoms with E-state index in [1.54, 1.807) is 29.4 Å². The number of nitrogens with one attached hydrogen (secondary N) is 1. The van der Waals surface area contributed by atoms with Crippen LogP contribution in [0.1, 0.15) is 18.5 Å². The maximum Gasteiger partial charge on any atom is 0.321 e. The molecule has 7 nitrogen and oxygen atoms in total. The minimum Gasteiger partial charge on any atom is -0.481 e. The van der Waals surface area contributed by atoms with Gasteiger partial charge < -0.3 is 19.7 Å². The third-order valence-electron chi connectivity index (χ3n) is 4.04. The van der Waals surface area contributed by atoms with Crippen LogP contribution < -0.4 is 5.32 Å². The molecule has 0 radical (unpaired) electrons. The van der Waals surface area contributed by atoms with Gasteiger partial charge in [-0.15, -0.1) is 0 Å². The summed E-state index contributed by atoms with van der Waals surface area (Å²) in [6, 6.07) is 6.92. The van der Waals surface area contributed by atoms with Crippen molar-refractivity contribution in [2.45, 2.75) is 19.8 Å². The number of aliphatic carboxylic acids is 1. The van der Waals surface area contributed by atoms with Gasteiger partial charge in [0, 0.05) is 24.3 Å². The molecule has 1 aromatic heterocycles. The van der Waals surface area contributed by atoms with Gasteiger partial charge in [0.2, 0.25) is 5.89 Å². The Morgan fingerprint density at radius 1 is 1.42 bits per heavy atom. The zero-order chi connectivity index (χ0) is 17.1. The molecule has 0 aliphatic carbocycles. The average molecular weight is 329 g/mol. The predicted molar refractivity (Wildman–Crippen MR) is 87.6 cm³/mol. The number of nitrogens with zero attached hydrogens (tertiary/aromatic N) is 2. The van der Waals surface area contributed by atoms with Gasteiger partial charge in [-0.25, -0.2) is 9.78 Å². The van der Waals surface area contributed by atoms with Gasteiger partial charge in [-0.2, -0.15) is 0 Å². The van der Waals surface area contributed by atoms with Crippen LogP contribution in [0.5, 0.6) is 0 Å². The summed E-state index contributed by atoms with van der Waals surface area (Å²) in [5.74, 6) is -0.854. The summed E-state index contributed by atoms with van der Waals surface area (Å²) in [4.78, 5) is 29.3. The fourth-order valence-electron chi connectivity index (χ4n) is 2.78. The highest BCUT2D eigenvalue weighted by Crippen LogP contribution is 2.23. The number of carboxylic acid groups (broad SMARTS) is 1. The standard InChI is InChI=1S/C17H19N3O4/c1-11-10-24-15(18-11)12-4-2-6-14(8-12)19-17(23)20-7-3-5-13(9-20)16(21)22/h2,4,6,8,10,13H,3,5,7,9H2,1H3,(H,19,23)(H,21,22). The van der Waals surface area contributed by atoms with Crippen molar-refractivity contribution < 1.29 is 19.1 Å². The zero-order valence-electron chi connectivity index (χ0n) is 13.4. The second-order valence-corrected chi connectivity index (χ2v) is 5.93. The first-order valence-electron chi connectivity index (χ1n) is 7.84. The number of carbonyl (C=O) groups is 2. The highest BCUT2D eigenvalue weighted by Gasteiger charge is 2.28. The number of oxazole rings is 1.